The average Bonchev–Trinajstić information content (AvgIpc) is 2.72. The number of methoxy groups -OCH3 is 3. The van der Waals surface area contributed by atoms with Gasteiger partial charge in [-0.15, -0.1) is 0 Å². The molecule has 0 spiro atoms. The van der Waals surface area contributed by atoms with E-state index in [9.17, 15) is 0 Å². The lowest BCUT2D eigenvalue weighted by molar-refractivity contribution is 0.411. The van der Waals surface area contributed by atoms with Gasteiger partial charge in [0, 0.05) is 5.56 Å². The summed E-state index contributed by atoms with van der Waals surface area (Å²) in [5, 5.41) is 0. The summed E-state index contributed by atoms with van der Waals surface area (Å²) in [6.07, 6.45) is 0.912. The number of hydrogen-bond donors (Lipinski definition) is 0. The van der Waals surface area contributed by atoms with Crippen LogP contribution in [0.25, 0.3) is 22.3 Å². The van der Waals surface area contributed by atoms with Crippen LogP contribution in [0.3, 0.4) is 0 Å². The van der Waals surface area contributed by atoms with Crippen molar-refractivity contribution in [2.45, 2.75) is 13.3 Å². The highest BCUT2D eigenvalue weighted by atomic mass is 16.5. The van der Waals surface area contributed by atoms with Crippen LogP contribution in [-0.4, -0.2) is 21.3 Å². The Kier molecular flexibility index (Phi) is 5.47. The van der Waals surface area contributed by atoms with Gasteiger partial charge in [0.25, 0.3) is 0 Å². The van der Waals surface area contributed by atoms with Crippen LogP contribution in [0.1, 0.15) is 12.5 Å². The fourth-order valence-electron chi connectivity index (χ4n) is 3.19. The molecule has 0 atom stereocenters. The molecule has 3 aromatic rings. The van der Waals surface area contributed by atoms with Gasteiger partial charge in [-0.1, -0.05) is 43.3 Å². The maximum Gasteiger partial charge on any atom is 0.130 e. The molecule has 0 aliphatic carbocycles. The Morgan fingerprint density at radius 1 is 0.615 bits per heavy atom. The van der Waals surface area contributed by atoms with E-state index in [1.165, 1.54) is 5.56 Å². The van der Waals surface area contributed by atoms with E-state index < -0.39 is 0 Å². The van der Waals surface area contributed by atoms with Crippen LogP contribution in [0.4, 0.5) is 0 Å². The second kappa shape index (κ2) is 7.96. The summed E-state index contributed by atoms with van der Waals surface area (Å²) < 4.78 is 16.4. The molecule has 26 heavy (non-hydrogen) atoms. The van der Waals surface area contributed by atoms with E-state index in [-0.39, 0.29) is 0 Å². The van der Waals surface area contributed by atoms with Crippen LogP contribution < -0.4 is 14.2 Å². The molecule has 0 heterocycles. The molecule has 3 aromatic carbocycles. The Morgan fingerprint density at radius 2 is 1.15 bits per heavy atom. The quantitative estimate of drug-likeness (QED) is 0.579. The SMILES string of the molecule is CCc1ccc(-c2ccc(OC)cc2)c(-c2ccc(OC)cc2)c1OC. The molecular formula is C23H24O3. The summed E-state index contributed by atoms with van der Waals surface area (Å²) in [4.78, 5) is 0. The Labute approximate surface area is 155 Å². The third kappa shape index (κ3) is 3.38. The molecule has 0 bridgehead atoms. The lowest BCUT2D eigenvalue weighted by Crippen LogP contribution is -1.97. The molecule has 0 aromatic heterocycles. The summed E-state index contributed by atoms with van der Waals surface area (Å²) in [5.41, 5.74) is 5.64. The first-order valence-corrected chi connectivity index (χ1v) is 8.70. The minimum Gasteiger partial charge on any atom is -0.497 e. The molecule has 0 saturated carbocycles. The smallest absolute Gasteiger partial charge is 0.130 e. The maximum absolute atomic E-state index is 5.83. The van der Waals surface area contributed by atoms with Crippen molar-refractivity contribution in [3.63, 3.8) is 0 Å². The summed E-state index contributed by atoms with van der Waals surface area (Å²) in [6.45, 7) is 2.14. The zero-order valence-corrected chi connectivity index (χ0v) is 15.7. The van der Waals surface area contributed by atoms with E-state index in [0.29, 0.717) is 0 Å². The number of rotatable bonds is 6. The van der Waals surface area contributed by atoms with Crippen molar-refractivity contribution < 1.29 is 14.2 Å². The number of ether oxygens (including phenoxy) is 3. The molecule has 0 aliphatic rings. The van der Waals surface area contributed by atoms with Gasteiger partial charge in [-0.05, 0) is 52.9 Å². The normalized spacial score (nSPS) is 10.5. The topological polar surface area (TPSA) is 27.7 Å². The van der Waals surface area contributed by atoms with E-state index >= 15 is 0 Å². The first-order chi connectivity index (χ1) is 12.7. The lowest BCUT2D eigenvalue weighted by atomic mass is 9.91. The van der Waals surface area contributed by atoms with Crippen molar-refractivity contribution in [3.8, 4) is 39.5 Å². The Bertz CT molecular complexity index is 865. The van der Waals surface area contributed by atoms with Gasteiger partial charge in [0.15, 0.2) is 0 Å². The van der Waals surface area contributed by atoms with Gasteiger partial charge >= 0.3 is 0 Å². The van der Waals surface area contributed by atoms with Crippen molar-refractivity contribution in [2.24, 2.45) is 0 Å². The van der Waals surface area contributed by atoms with Gasteiger partial charge in [0.05, 0.1) is 21.3 Å². The van der Waals surface area contributed by atoms with E-state index in [4.69, 9.17) is 14.2 Å². The van der Waals surface area contributed by atoms with Crippen LogP contribution in [-0.2, 0) is 6.42 Å². The van der Waals surface area contributed by atoms with Gasteiger partial charge < -0.3 is 14.2 Å². The number of benzene rings is 3. The van der Waals surface area contributed by atoms with Crippen LogP contribution in [0.5, 0.6) is 17.2 Å². The molecule has 0 fully saturated rings. The summed E-state index contributed by atoms with van der Waals surface area (Å²) in [6, 6.07) is 20.5. The summed E-state index contributed by atoms with van der Waals surface area (Å²) in [7, 11) is 5.09. The zero-order valence-electron chi connectivity index (χ0n) is 15.7. The van der Waals surface area contributed by atoms with E-state index in [1.54, 1.807) is 21.3 Å². The summed E-state index contributed by atoms with van der Waals surface area (Å²) >= 11 is 0. The standard InChI is InChI=1S/C23H24O3/c1-5-16-10-15-21(17-6-11-19(24-2)12-7-17)22(23(16)26-4)18-8-13-20(25-3)14-9-18/h6-15H,5H2,1-4H3. The molecule has 3 nitrogen and oxygen atoms in total. The highest BCUT2D eigenvalue weighted by Crippen LogP contribution is 2.42. The second-order valence-electron chi connectivity index (χ2n) is 5.99. The molecule has 0 aliphatic heterocycles. The van der Waals surface area contributed by atoms with E-state index in [0.717, 1.165) is 45.9 Å². The van der Waals surface area contributed by atoms with Gasteiger partial charge in [0.2, 0.25) is 0 Å². The van der Waals surface area contributed by atoms with Crippen molar-refractivity contribution in [2.75, 3.05) is 21.3 Å². The first kappa shape index (κ1) is 17.9. The predicted octanol–water partition coefficient (Wildman–Crippen LogP) is 5.61. The second-order valence-corrected chi connectivity index (χ2v) is 5.99. The molecule has 0 radical (unpaired) electrons. The molecule has 0 N–H and O–H groups in total. The number of aryl methyl sites for hydroxylation is 1. The Morgan fingerprint density at radius 3 is 1.62 bits per heavy atom. The Hall–Kier alpha value is -2.94. The van der Waals surface area contributed by atoms with Crippen molar-refractivity contribution in [1.82, 2.24) is 0 Å². The largest absolute Gasteiger partial charge is 0.497 e. The molecule has 134 valence electrons. The van der Waals surface area contributed by atoms with Crippen molar-refractivity contribution in [3.05, 3.63) is 66.2 Å². The molecular weight excluding hydrogens is 324 g/mol. The van der Waals surface area contributed by atoms with Crippen LogP contribution >= 0.6 is 0 Å². The van der Waals surface area contributed by atoms with Crippen LogP contribution in [0, 0.1) is 0 Å². The number of hydrogen-bond acceptors (Lipinski definition) is 3. The fraction of sp³-hybridized carbons (Fsp3) is 0.217. The zero-order chi connectivity index (χ0) is 18.5. The van der Waals surface area contributed by atoms with Gasteiger partial charge in [0.1, 0.15) is 17.2 Å². The summed E-state index contributed by atoms with van der Waals surface area (Å²) in [5.74, 6) is 2.60. The van der Waals surface area contributed by atoms with Crippen molar-refractivity contribution >= 4 is 0 Å². The van der Waals surface area contributed by atoms with Crippen LogP contribution in [0.15, 0.2) is 60.7 Å². The third-order valence-electron chi connectivity index (χ3n) is 4.60. The lowest BCUT2D eigenvalue weighted by Gasteiger charge is -2.18. The Balaban J connectivity index is 2.22. The molecule has 0 unspecified atom stereocenters. The minimum absolute atomic E-state index is 0.838. The monoisotopic (exact) mass is 348 g/mol. The van der Waals surface area contributed by atoms with Crippen molar-refractivity contribution in [1.29, 1.82) is 0 Å². The van der Waals surface area contributed by atoms with E-state index in [2.05, 4.69) is 43.3 Å². The first-order valence-electron chi connectivity index (χ1n) is 8.70. The molecule has 3 heteroatoms. The molecule has 3 rings (SSSR count). The highest BCUT2D eigenvalue weighted by Gasteiger charge is 2.17. The van der Waals surface area contributed by atoms with Crippen LogP contribution in [0.2, 0.25) is 0 Å². The highest BCUT2D eigenvalue weighted by molar-refractivity contribution is 5.89. The van der Waals surface area contributed by atoms with E-state index in [1.807, 2.05) is 24.3 Å². The third-order valence-corrected chi connectivity index (χ3v) is 4.60. The van der Waals surface area contributed by atoms with Gasteiger partial charge in [-0.3, -0.25) is 0 Å². The molecule has 0 saturated heterocycles. The molecule has 0 amide bonds. The van der Waals surface area contributed by atoms with Gasteiger partial charge in [-0.2, -0.15) is 0 Å². The fourth-order valence-corrected chi connectivity index (χ4v) is 3.19. The van der Waals surface area contributed by atoms with Gasteiger partial charge in [-0.25, -0.2) is 0 Å². The maximum atomic E-state index is 5.83. The minimum atomic E-state index is 0.838. The predicted molar refractivity (Wildman–Crippen MR) is 106 cm³/mol. The average molecular weight is 348 g/mol.